The van der Waals surface area contributed by atoms with Crippen molar-refractivity contribution in [1.29, 1.82) is 0 Å². The highest BCUT2D eigenvalue weighted by Crippen LogP contribution is 2.33. The van der Waals surface area contributed by atoms with Crippen molar-refractivity contribution < 1.29 is 13.9 Å². The third-order valence-electron chi connectivity index (χ3n) is 2.64. The molecule has 0 saturated carbocycles. The summed E-state index contributed by atoms with van der Waals surface area (Å²) < 4.78 is 27.5. The highest BCUT2D eigenvalue weighted by atomic mass is 79.9. The fourth-order valence-corrected chi connectivity index (χ4v) is 1.89. The molecule has 0 spiro atoms. The van der Waals surface area contributed by atoms with Crippen molar-refractivity contribution in [3.05, 3.63) is 33.8 Å². The molecule has 0 amide bonds. The molecule has 3 N–H and O–H groups in total. The van der Waals surface area contributed by atoms with Gasteiger partial charge in [0, 0.05) is 5.56 Å². The first-order valence-corrected chi connectivity index (χ1v) is 6.02. The van der Waals surface area contributed by atoms with Crippen LogP contribution in [0.25, 0.3) is 0 Å². The maximum Gasteiger partial charge on any atom is 0.145 e. The minimum atomic E-state index is -1.10. The van der Waals surface area contributed by atoms with Crippen LogP contribution in [0.5, 0.6) is 0 Å². The van der Waals surface area contributed by atoms with Gasteiger partial charge < -0.3 is 10.8 Å². The summed E-state index contributed by atoms with van der Waals surface area (Å²) in [4.78, 5) is 0. The quantitative estimate of drug-likeness (QED) is 0.806. The van der Waals surface area contributed by atoms with E-state index in [1.165, 1.54) is 6.07 Å². The molecule has 0 aliphatic carbocycles. The molecule has 2 nitrogen and oxygen atoms in total. The van der Waals surface area contributed by atoms with E-state index in [1.54, 1.807) is 20.8 Å². The second kappa shape index (κ2) is 6.28. The molecule has 18 heavy (non-hydrogen) atoms. The second-order valence-electron chi connectivity index (χ2n) is 5.09. The van der Waals surface area contributed by atoms with E-state index >= 15 is 0 Å². The Bertz CT molecular complexity index is 423. The fourth-order valence-electron chi connectivity index (χ4n) is 1.54. The van der Waals surface area contributed by atoms with Gasteiger partial charge in [0.2, 0.25) is 0 Å². The normalized spacial score (nSPS) is 14.9. The maximum absolute atomic E-state index is 13.8. The lowest BCUT2D eigenvalue weighted by Gasteiger charge is -2.31. The van der Waals surface area contributed by atoms with Gasteiger partial charge in [0.1, 0.15) is 11.6 Å². The number of hydrogen-bond acceptors (Lipinski definition) is 2. The van der Waals surface area contributed by atoms with Crippen LogP contribution in [-0.4, -0.2) is 11.2 Å². The first-order valence-electron chi connectivity index (χ1n) is 5.23. The zero-order valence-corrected chi connectivity index (χ0v) is 12.8. The first-order chi connectivity index (χ1) is 7.66. The van der Waals surface area contributed by atoms with Crippen molar-refractivity contribution in [2.75, 3.05) is 0 Å². The van der Waals surface area contributed by atoms with Crippen molar-refractivity contribution in [2.45, 2.75) is 32.9 Å². The fraction of sp³-hybridized carbons (Fsp3) is 0.500. The largest absolute Gasteiger partial charge is 0.391 e. The number of nitrogens with two attached hydrogens (primary N) is 1. The van der Waals surface area contributed by atoms with Gasteiger partial charge >= 0.3 is 0 Å². The van der Waals surface area contributed by atoms with E-state index in [-0.39, 0.29) is 22.4 Å². The van der Waals surface area contributed by atoms with Crippen LogP contribution >= 0.6 is 28.3 Å². The SMILES string of the molecule is CC(C)(C)[C@H](O)[C@H](N)c1c(F)ccc(Br)c1F.Cl. The molecule has 0 aromatic heterocycles. The van der Waals surface area contributed by atoms with Gasteiger partial charge in [-0.15, -0.1) is 12.4 Å². The molecule has 0 radical (unpaired) electrons. The predicted molar refractivity (Wildman–Crippen MR) is 73.7 cm³/mol. The Morgan fingerprint density at radius 2 is 1.78 bits per heavy atom. The number of halogens is 4. The number of aliphatic hydroxyl groups excluding tert-OH is 1. The third-order valence-corrected chi connectivity index (χ3v) is 3.25. The van der Waals surface area contributed by atoms with E-state index in [2.05, 4.69) is 15.9 Å². The lowest BCUT2D eigenvalue weighted by molar-refractivity contribution is 0.0381. The molecule has 6 heteroatoms. The molecule has 0 saturated heterocycles. The zero-order valence-electron chi connectivity index (χ0n) is 10.4. The van der Waals surface area contributed by atoms with E-state index in [4.69, 9.17) is 5.73 Å². The number of hydrogen-bond donors (Lipinski definition) is 2. The Labute approximate surface area is 120 Å². The standard InChI is InChI=1S/C12H16BrF2NO.ClH/c1-12(2,3)11(17)10(16)8-7(14)5-4-6(13)9(8)15;/h4-5,10-11,17H,16H2,1-3H3;1H/t10-,11-;/m1./s1. The van der Waals surface area contributed by atoms with Gasteiger partial charge in [-0.25, -0.2) is 8.78 Å². The van der Waals surface area contributed by atoms with Crippen molar-refractivity contribution in [2.24, 2.45) is 11.1 Å². The number of aliphatic hydroxyl groups is 1. The monoisotopic (exact) mass is 343 g/mol. The van der Waals surface area contributed by atoms with E-state index in [0.29, 0.717) is 0 Å². The van der Waals surface area contributed by atoms with Crippen LogP contribution in [0.4, 0.5) is 8.78 Å². The Kier molecular flexibility index (Phi) is 6.20. The zero-order chi connectivity index (χ0) is 13.4. The van der Waals surface area contributed by atoms with Crippen molar-refractivity contribution in [3.63, 3.8) is 0 Å². The summed E-state index contributed by atoms with van der Waals surface area (Å²) in [5, 5.41) is 9.97. The van der Waals surface area contributed by atoms with Crippen LogP contribution in [0.15, 0.2) is 16.6 Å². The van der Waals surface area contributed by atoms with E-state index < -0.39 is 29.2 Å². The minimum absolute atomic E-state index is 0. The van der Waals surface area contributed by atoms with Crippen LogP contribution in [-0.2, 0) is 0 Å². The molecule has 1 rings (SSSR count). The molecule has 0 unspecified atom stereocenters. The van der Waals surface area contributed by atoms with Crippen molar-refractivity contribution in [3.8, 4) is 0 Å². The minimum Gasteiger partial charge on any atom is -0.391 e. The van der Waals surface area contributed by atoms with Crippen LogP contribution in [0.1, 0.15) is 32.4 Å². The third kappa shape index (κ3) is 3.63. The van der Waals surface area contributed by atoms with Crippen LogP contribution in [0.3, 0.4) is 0 Å². The average Bonchev–Trinajstić information content (AvgIpc) is 2.21. The van der Waals surface area contributed by atoms with Crippen LogP contribution < -0.4 is 5.73 Å². The number of benzene rings is 1. The summed E-state index contributed by atoms with van der Waals surface area (Å²) in [7, 11) is 0. The highest BCUT2D eigenvalue weighted by Gasteiger charge is 2.32. The molecule has 1 aromatic carbocycles. The molecule has 0 aliphatic rings. The lowest BCUT2D eigenvalue weighted by atomic mass is 9.82. The van der Waals surface area contributed by atoms with Gasteiger partial charge in [-0.2, -0.15) is 0 Å². The molecule has 0 fully saturated rings. The van der Waals surface area contributed by atoms with Crippen LogP contribution in [0, 0.1) is 17.0 Å². The summed E-state index contributed by atoms with van der Waals surface area (Å²) in [5.74, 6) is -1.51. The molecule has 1 aromatic rings. The van der Waals surface area contributed by atoms with Gasteiger partial charge in [-0.05, 0) is 33.5 Å². The molecule has 104 valence electrons. The maximum atomic E-state index is 13.8. The molecule has 0 bridgehead atoms. The van der Waals surface area contributed by atoms with Gasteiger partial charge in [0.05, 0.1) is 16.6 Å². The summed E-state index contributed by atoms with van der Waals surface area (Å²) in [5.41, 5.74) is 4.90. The molecule has 2 atom stereocenters. The smallest absolute Gasteiger partial charge is 0.145 e. The topological polar surface area (TPSA) is 46.2 Å². The average molecular weight is 345 g/mol. The van der Waals surface area contributed by atoms with Gasteiger partial charge in [-0.3, -0.25) is 0 Å². The second-order valence-corrected chi connectivity index (χ2v) is 5.95. The Balaban J connectivity index is 0.00000289. The Morgan fingerprint density at radius 3 is 2.22 bits per heavy atom. The Morgan fingerprint density at radius 1 is 1.28 bits per heavy atom. The van der Waals surface area contributed by atoms with Crippen LogP contribution in [0.2, 0.25) is 0 Å². The summed E-state index contributed by atoms with van der Waals surface area (Å²) in [6.07, 6.45) is -1.04. The molecular weight excluding hydrogens is 327 g/mol. The van der Waals surface area contributed by atoms with E-state index in [1.807, 2.05) is 0 Å². The van der Waals surface area contributed by atoms with Crippen molar-refractivity contribution in [1.82, 2.24) is 0 Å². The van der Waals surface area contributed by atoms with Gasteiger partial charge in [0.15, 0.2) is 0 Å². The first kappa shape index (κ1) is 17.8. The highest BCUT2D eigenvalue weighted by molar-refractivity contribution is 9.10. The summed E-state index contributed by atoms with van der Waals surface area (Å²) >= 11 is 2.97. The Hall–Kier alpha value is -0.230. The van der Waals surface area contributed by atoms with Gasteiger partial charge in [0.25, 0.3) is 0 Å². The molecule has 0 aliphatic heterocycles. The summed E-state index contributed by atoms with van der Waals surface area (Å²) in [6, 6.07) is 1.29. The van der Waals surface area contributed by atoms with E-state index in [0.717, 1.165) is 6.07 Å². The van der Waals surface area contributed by atoms with E-state index in [9.17, 15) is 13.9 Å². The summed E-state index contributed by atoms with van der Waals surface area (Å²) in [6.45, 7) is 5.27. The number of rotatable bonds is 2. The van der Waals surface area contributed by atoms with Crippen molar-refractivity contribution >= 4 is 28.3 Å². The predicted octanol–water partition coefficient (Wildman–Crippen LogP) is 3.56. The van der Waals surface area contributed by atoms with Gasteiger partial charge in [-0.1, -0.05) is 20.8 Å². The lowest BCUT2D eigenvalue weighted by Crippen LogP contribution is -2.38. The molecular formula is C12H17BrClF2NO. The molecule has 0 heterocycles.